The van der Waals surface area contributed by atoms with Gasteiger partial charge in [0.05, 0.1) is 0 Å². The second-order valence-corrected chi connectivity index (χ2v) is 8.14. The predicted molar refractivity (Wildman–Crippen MR) is 104 cm³/mol. The van der Waals surface area contributed by atoms with Crippen molar-refractivity contribution in [3.05, 3.63) is 11.1 Å². The Morgan fingerprint density at radius 1 is 0.708 bits per heavy atom. The molecular formula is C18H26N4SSe. The van der Waals surface area contributed by atoms with E-state index in [1.54, 1.807) is 0 Å². The second-order valence-electron chi connectivity index (χ2n) is 6.50. The molecule has 2 heterocycles. The summed E-state index contributed by atoms with van der Waals surface area (Å²) in [7, 11) is 0. The molecule has 130 valence electrons. The molecule has 0 atom stereocenters. The summed E-state index contributed by atoms with van der Waals surface area (Å²) in [5.41, 5.74) is 7.14. The molecule has 24 heavy (non-hydrogen) atoms. The zero-order valence-corrected chi connectivity index (χ0v) is 17.2. The van der Waals surface area contributed by atoms with Crippen LogP contribution in [0.4, 0.5) is 11.4 Å². The SMILES string of the molecule is CCCCCCc1c2c(c(CCCCCC)c3n[se]nc13)N=S=N2. The molecule has 0 saturated heterocycles. The number of unbranched alkanes of at least 4 members (excludes halogenated alkanes) is 6. The van der Waals surface area contributed by atoms with Crippen LogP contribution in [0.25, 0.3) is 11.0 Å². The Bertz CT molecular complexity index is 704. The number of fused-ring (bicyclic) bond motifs is 2. The zero-order valence-electron chi connectivity index (χ0n) is 14.7. The van der Waals surface area contributed by atoms with Crippen LogP contribution in [0.2, 0.25) is 0 Å². The first-order valence-corrected chi connectivity index (χ1v) is 11.5. The van der Waals surface area contributed by atoms with Crippen molar-refractivity contribution in [2.75, 3.05) is 0 Å². The summed E-state index contributed by atoms with van der Waals surface area (Å²) in [5.74, 6) is 0. The van der Waals surface area contributed by atoms with E-state index in [4.69, 9.17) is 7.96 Å². The zero-order chi connectivity index (χ0) is 16.8. The van der Waals surface area contributed by atoms with Gasteiger partial charge < -0.3 is 0 Å². The number of benzene rings is 1. The number of aryl methyl sites for hydroxylation is 2. The number of nitrogens with zero attached hydrogens (tertiary/aromatic N) is 4. The third-order valence-corrected chi connectivity index (χ3v) is 6.32. The van der Waals surface area contributed by atoms with Gasteiger partial charge in [-0.3, -0.25) is 0 Å². The van der Waals surface area contributed by atoms with Gasteiger partial charge in [-0.15, -0.1) is 0 Å². The van der Waals surface area contributed by atoms with Crippen molar-refractivity contribution in [1.82, 2.24) is 7.96 Å². The first kappa shape index (κ1) is 18.0. The van der Waals surface area contributed by atoms with E-state index in [0.717, 1.165) is 35.2 Å². The normalized spacial score (nSPS) is 12.8. The number of hydrogen-bond donors (Lipinski definition) is 0. The number of aromatic nitrogens is 2. The van der Waals surface area contributed by atoms with Gasteiger partial charge in [0.1, 0.15) is 0 Å². The van der Waals surface area contributed by atoms with Crippen LogP contribution in [0.3, 0.4) is 0 Å². The molecule has 2 aromatic rings. The molecule has 0 amide bonds. The summed E-state index contributed by atoms with van der Waals surface area (Å²) in [6.45, 7) is 4.51. The molecule has 3 rings (SSSR count). The average molecular weight is 409 g/mol. The quantitative estimate of drug-likeness (QED) is 0.320. The minimum absolute atomic E-state index is 0.0148. The standard InChI is InChI=1S/C18H26N4SSe/c1-3-5-7-9-11-13-15-16(20-23-19-15)14(12-10-8-6-4-2)18-17(13)21-24-22-18/h3-12H2,1-2H3. The molecule has 1 aromatic carbocycles. The van der Waals surface area contributed by atoms with E-state index >= 15 is 0 Å². The van der Waals surface area contributed by atoms with Gasteiger partial charge in [-0.1, -0.05) is 0 Å². The number of rotatable bonds is 10. The molecule has 0 bridgehead atoms. The van der Waals surface area contributed by atoms with Crippen molar-refractivity contribution in [1.29, 1.82) is 0 Å². The Morgan fingerprint density at radius 2 is 1.21 bits per heavy atom. The van der Waals surface area contributed by atoms with E-state index in [2.05, 4.69) is 22.6 Å². The molecule has 0 N–H and O–H groups in total. The molecule has 0 fully saturated rings. The molecule has 0 radical (unpaired) electrons. The first-order valence-electron chi connectivity index (χ1n) is 9.25. The average Bonchev–Trinajstić information content (AvgIpc) is 3.25. The second kappa shape index (κ2) is 9.02. The Kier molecular flexibility index (Phi) is 6.75. The molecule has 0 aliphatic carbocycles. The Hall–Kier alpha value is -0.841. The Morgan fingerprint density at radius 3 is 1.67 bits per heavy atom. The Balaban J connectivity index is 1.88. The van der Waals surface area contributed by atoms with Gasteiger partial charge >= 0.3 is 155 Å². The van der Waals surface area contributed by atoms with Gasteiger partial charge in [0.15, 0.2) is 0 Å². The van der Waals surface area contributed by atoms with Crippen molar-refractivity contribution in [2.45, 2.75) is 78.1 Å². The van der Waals surface area contributed by atoms with Crippen LogP contribution in [0.1, 0.15) is 76.3 Å². The van der Waals surface area contributed by atoms with Gasteiger partial charge in [-0.25, -0.2) is 0 Å². The summed E-state index contributed by atoms with van der Waals surface area (Å²) in [6, 6.07) is 0. The van der Waals surface area contributed by atoms with Crippen molar-refractivity contribution in [2.24, 2.45) is 8.73 Å². The molecular weight excluding hydrogens is 383 g/mol. The Labute approximate surface area is 154 Å². The van der Waals surface area contributed by atoms with Crippen LogP contribution in [-0.4, -0.2) is 22.9 Å². The third kappa shape index (κ3) is 3.87. The summed E-state index contributed by atoms with van der Waals surface area (Å²) in [5, 5.41) is 0. The summed E-state index contributed by atoms with van der Waals surface area (Å²) in [4.78, 5) is 0. The minimum atomic E-state index is 0.0148. The van der Waals surface area contributed by atoms with Gasteiger partial charge in [-0.05, 0) is 0 Å². The fourth-order valence-electron chi connectivity index (χ4n) is 3.32. The van der Waals surface area contributed by atoms with E-state index in [-0.39, 0.29) is 15.0 Å². The van der Waals surface area contributed by atoms with Crippen molar-refractivity contribution >= 4 is 48.7 Å². The topological polar surface area (TPSA) is 50.5 Å². The fraction of sp³-hybridized carbons (Fsp3) is 0.667. The van der Waals surface area contributed by atoms with Crippen LogP contribution in [0.5, 0.6) is 0 Å². The van der Waals surface area contributed by atoms with Gasteiger partial charge in [-0.2, -0.15) is 0 Å². The van der Waals surface area contributed by atoms with E-state index in [1.165, 1.54) is 73.8 Å². The molecule has 1 aliphatic rings. The van der Waals surface area contributed by atoms with Crippen LogP contribution >= 0.6 is 0 Å². The van der Waals surface area contributed by atoms with Crippen LogP contribution in [0.15, 0.2) is 8.73 Å². The van der Waals surface area contributed by atoms with Crippen molar-refractivity contribution in [3.63, 3.8) is 0 Å². The maximum atomic E-state index is 4.77. The monoisotopic (exact) mass is 410 g/mol. The van der Waals surface area contributed by atoms with Crippen LogP contribution in [-0.2, 0) is 24.2 Å². The molecule has 0 saturated carbocycles. The molecule has 1 aromatic heterocycles. The molecule has 0 unspecified atom stereocenters. The van der Waals surface area contributed by atoms with Crippen LogP contribution < -0.4 is 0 Å². The van der Waals surface area contributed by atoms with E-state index in [0.29, 0.717) is 0 Å². The fourth-order valence-corrected chi connectivity index (χ4v) is 5.18. The maximum absolute atomic E-state index is 4.77. The third-order valence-electron chi connectivity index (χ3n) is 4.68. The predicted octanol–water partition coefficient (Wildman–Crippen LogP) is 5.66. The molecule has 1 aliphatic heterocycles. The van der Waals surface area contributed by atoms with Crippen LogP contribution in [0, 0.1) is 0 Å². The van der Waals surface area contributed by atoms with Gasteiger partial charge in [0.25, 0.3) is 0 Å². The van der Waals surface area contributed by atoms with E-state index in [1.807, 2.05) is 0 Å². The first-order chi connectivity index (χ1) is 11.9. The number of hydrogen-bond acceptors (Lipinski definition) is 4. The van der Waals surface area contributed by atoms with E-state index < -0.39 is 0 Å². The summed E-state index contributed by atoms with van der Waals surface area (Å²) < 4.78 is 18.8. The summed E-state index contributed by atoms with van der Waals surface area (Å²) >= 11 is 1.36. The van der Waals surface area contributed by atoms with Gasteiger partial charge in [0.2, 0.25) is 0 Å². The van der Waals surface area contributed by atoms with Gasteiger partial charge in [0, 0.05) is 0 Å². The summed E-state index contributed by atoms with van der Waals surface area (Å²) in [6.07, 6.45) is 12.3. The molecule has 6 heteroatoms. The molecule has 0 spiro atoms. The van der Waals surface area contributed by atoms with Crippen molar-refractivity contribution < 1.29 is 0 Å². The van der Waals surface area contributed by atoms with Crippen molar-refractivity contribution in [3.8, 4) is 0 Å². The molecule has 4 nitrogen and oxygen atoms in total. The van der Waals surface area contributed by atoms with E-state index in [9.17, 15) is 0 Å².